The molecule has 1 saturated heterocycles. The van der Waals surface area contributed by atoms with E-state index in [-0.39, 0.29) is 12.7 Å². The Morgan fingerprint density at radius 1 is 1.11 bits per heavy atom. The molecule has 2 aromatic carbocycles. The lowest BCUT2D eigenvalue weighted by atomic mass is 9.88. The summed E-state index contributed by atoms with van der Waals surface area (Å²) in [6, 6.07) is 14.2. The van der Waals surface area contributed by atoms with Gasteiger partial charge in [-0.25, -0.2) is 0 Å². The molecule has 1 fully saturated rings. The van der Waals surface area contributed by atoms with Crippen molar-refractivity contribution in [3.63, 3.8) is 0 Å². The van der Waals surface area contributed by atoms with Crippen molar-refractivity contribution in [1.82, 2.24) is 4.90 Å². The quantitative estimate of drug-likeness (QED) is 0.846. The molecule has 2 heterocycles. The van der Waals surface area contributed by atoms with E-state index in [1.807, 2.05) is 29.2 Å². The number of benzene rings is 2. The van der Waals surface area contributed by atoms with E-state index in [2.05, 4.69) is 24.3 Å². The van der Waals surface area contributed by atoms with Gasteiger partial charge in [0.1, 0.15) is 0 Å². The monoisotopic (exact) mass is 364 g/mol. The van der Waals surface area contributed by atoms with Crippen molar-refractivity contribution in [3.8, 4) is 11.5 Å². The third kappa shape index (κ3) is 3.98. The number of hydrogen-bond acceptors (Lipinski definition) is 4. The number of carbonyl (C=O) groups is 1. The van der Waals surface area contributed by atoms with E-state index in [0.29, 0.717) is 12.5 Å². The summed E-state index contributed by atoms with van der Waals surface area (Å²) < 4.78 is 10.7. The van der Waals surface area contributed by atoms with Crippen LogP contribution in [0.2, 0.25) is 0 Å². The van der Waals surface area contributed by atoms with Crippen LogP contribution < -0.4 is 15.2 Å². The molecule has 0 aliphatic carbocycles. The number of likely N-dealkylation sites (tertiary alicyclic amines) is 1. The van der Waals surface area contributed by atoms with Gasteiger partial charge in [0.15, 0.2) is 11.5 Å². The maximum atomic E-state index is 12.5. The lowest BCUT2D eigenvalue weighted by Crippen LogP contribution is -2.36. The molecule has 1 amide bonds. The number of ether oxygens (including phenoxy) is 2. The van der Waals surface area contributed by atoms with Gasteiger partial charge in [0.25, 0.3) is 0 Å². The highest BCUT2D eigenvalue weighted by atomic mass is 16.7. The van der Waals surface area contributed by atoms with Crippen molar-refractivity contribution in [2.45, 2.75) is 25.3 Å². The predicted octanol–water partition coefficient (Wildman–Crippen LogP) is 3.29. The molecule has 5 heteroatoms. The van der Waals surface area contributed by atoms with Crippen LogP contribution in [-0.4, -0.2) is 30.7 Å². The van der Waals surface area contributed by atoms with E-state index in [4.69, 9.17) is 15.2 Å². The summed E-state index contributed by atoms with van der Waals surface area (Å²) in [5.41, 5.74) is 9.18. The highest BCUT2D eigenvalue weighted by Gasteiger charge is 2.22. The molecule has 5 nitrogen and oxygen atoms in total. The minimum absolute atomic E-state index is 0.0572. The summed E-state index contributed by atoms with van der Waals surface area (Å²) in [5, 5.41) is 0. The van der Waals surface area contributed by atoms with Gasteiger partial charge in [0.2, 0.25) is 12.7 Å². The van der Waals surface area contributed by atoms with Crippen LogP contribution in [0.1, 0.15) is 35.4 Å². The van der Waals surface area contributed by atoms with E-state index < -0.39 is 0 Å². The molecule has 0 spiro atoms. The second-order valence-electron chi connectivity index (χ2n) is 6.99. The standard InChI is InChI=1S/C22H24N2O3/c23-14-17-2-1-3-19(12-17)18-8-10-24(11-9-18)22(25)7-5-16-4-6-20-21(13-16)27-15-26-20/h1-7,12-13,18H,8-11,14-15,23H2. The maximum absolute atomic E-state index is 12.5. The lowest BCUT2D eigenvalue weighted by Gasteiger charge is -2.31. The SMILES string of the molecule is NCc1cccc(C2CCN(C(=O)C=Cc3ccc4c(c3)OCO4)CC2)c1. The summed E-state index contributed by atoms with van der Waals surface area (Å²) in [4.78, 5) is 14.4. The van der Waals surface area contributed by atoms with Crippen molar-refractivity contribution in [1.29, 1.82) is 0 Å². The van der Waals surface area contributed by atoms with E-state index in [9.17, 15) is 4.79 Å². The normalized spacial score (nSPS) is 16.9. The van der Waals surface area contributed by atoms with Gasteiger partial charge in [0.05, 0.1) is 0 Å². The van der Waals surface area contributed by atoms with Crippen LogP contribution in [-0.2, 0) is 11.3 Å². The number of hydrogen-bond donors (Lipinski definition) is 1. The molecular weight excluding hydrogens is 340 g/mol. The van der Waals surface area contributed by atoms with Gasteiger partial charge >= 0.3 is 0 Å². The maximum Gasteiger partial charge on any atom is 0.246 e. The van der Waals surface area contributed by atoms with Gasteiger partial charge < -0.3 is 20.1 Å². The van der Waals surface area contributed by atoms with Gasteiger partial charge in [0, 0.05) is 25.7 Å². The Hall–Kier alpha value is -2.79. The Balaban J connectivity index is 1.34. The van der Waals surface area contributed by atoms with Crippen LogP contribution in [0.5, 0.6) is 11.5 Å². The summed E-state index contributed by atoms with van der Waals surface area (Å²) in [5.74, 6) is 2.03. The molecule has 2 aliphatic rings. The zero-order chi connectivity index (χ0) is 18.6. The second-order valence-corrected chi connectivity index (χ2v) is 6.99. The van der Waals surface area contributed by atoms with Crippen molar-refractivity contribution < 1.29 is 14.3 Å². The molecule has 0 atom stereocenters. The van der Waals surface area contributed by atoms with Crippen molar-refractivity contribution in [2.75, 3.05) is 19.9 Å². The third-order valence-corrected chi connectivity index (χ3v) is 5.28. The van der Waals surface area contributed by atoms with Crippen LogP contribution in [0, 0.1) is 0 Å². The largest absolute Gasteiger partial charge is 0.454 e. The van der Waals surface area contributed by atoms with E-state index >= 15 is 0 Å². The Kier molecular flexibility index (Phi) is 5.12. The van der Waals surface area contributed by atoms with E-state index in [1.54, 1.807) is 6.08 Å². The number of fused-ring (bicyclic) bond motifs is 1. The van der Waals surface area contributed by atoms with E-state index in [0.717, 1.165) is 48.6 Å². The fraction of sp³-hybridized carbons (Fsp3) is 0.318. The average molecular weight is 364 g/mol. The highest BCUT2D eigenvalue weighted by molar-refractivity contribution is 5.92. The van der Waals surface area contributed by atoms with Gasteiger partial charge in [-0.15, -0.1) is 0 Å². The molecule has 0 aromatic heterocycles. The zero-order valence-corrected chi connectivity index (χ0v) is 15.3. The first-order valence-electron chi connectivity index (χ1n) is 9.38. The van der Waals surface area contributed by atoms with Gasteiger partial charge in [-0.2, -0.15) is 0 Å². The van der Waals surface area contributed by atoms with Gasteiger partial charge in [-0.05, 0) is 53.7 Å². The first-order valence-corrected chi connectivity index (χ1v) is 9.38. The van der Waals surface area contributed by atoms with Crippen LogP contribution in [0.25, 0.3) is 6.08 Å². The predicted molar refractivity (Wildman–Crippen MR) is 104 cm³/mol. The summed E-state index contributed by atoms with van der Waals surface area (Å²) in [6.45, 7) is 2.38. The number of piperidine rings is 1. The van der Waals surface area contributed by atoms with Crippen LogP contribution >= 0.6 is 0 Å². The lowest BCUT2D eigenvalue weighted by molar-refractivity contribution is -0.126. The Bertz CT molecular complexity index is 854. The highest BCUT2D eigenvalue weighted by Crippen LogP contribution is 2.33. The topological polar surface area (TPSA) is 64.8 Å². The molecule has 0 saturated carbocycles. The second kappa shape index (κ2) is 7.84. The molecule has 2 aliphatic heterocycles. The summed E-state index contributed by atoms with van der Waals surface area (Å²) in [6.07, 6.45) is 5.45. The minimum Gasteiger partial charge on any atom is -0.454 e. The Morgan fingerprint density at radius 2 is 1.93 bits per heavy atom. The molecule has 27 heavy (non-hydrogen) atoms. The van der Waals surface area contributed by atoms with Gasteiger partial charge in [-0.1, -0.05) is 30.3 Å². The Labute approximate surface area is 159 Å². The van der Waals surface area contributed by atoms with Crippen molar-refractivity contribution in [2.24, 2.45) is 5.73 Å². The molecule has 0 radical (unpaired) electrons. The summed E-state index contributed by atoms with van der Waals surface area (Å²) >= 11 is 0. The third-order valence-electron chi connectivity index (χ3n) is 5.28. The molecule has 0 unspecified atom stereocenters. The molecule has 140 valence electrons. The average Bonchev–Trinajstić information content (AvgIpc) is 3.20. The van der Waals surface area contributed by atoms with Gasteiger partial charge in [-0.3, -0.25) is 4.79 Å². The zero-order valence-electron chi connectivity index (χ0n) is 15.3. The Morgan fingerprint density at radius 3 is 2.74 bits per heavy atom. The number of nitrogens with two attached hydrogens (primary N) is 1. The van der Waals surface area contributed by atoms with Crippen LogP contribution in [0.4, 0.5) is 0 Å². The fourth-order valence-electron chi connectivity index (χ4n) is 3.70. The van der Waals surface area contributed by atoms with E-state index in [1.165, 1.54) is 5.56 Å². The van der Waals surface area contributed by atoms with Crippen molar-refractivity contribution in [3.05, 3.63) is 65.2 Å². The number of rotatable bonds is 4. The van der Waals surface area contributed by atoms with Crippen LogP contribution in [0.3, 0.4) is 0 Å². The number of nitrogens with zero attached hydrogens (tertiary/aromatic N) is 1. The molecule has 0 bridgehead atoms. The first kappa shape index (κ1) is 17.6. The summed E-state index contributed by atoms with van der Waals surface area (Å²) in [7, 11) is 0. The number of amides is 1. The van der Waals surface area contributed by atoms with Crippen molar-refractivity contribution >= 4 is 12.0 Å². The molecular formula is C22H24N2O3. The molecule has 2 N–H and O–H groups in total. The molecule has 4 rings (SSSR count). The minimum atomic E-state index is 0.0572. The van der Waals surface area contributed by atoms with Crippen LogP contribution in [0.15, 0.2) is 48.5 Å². The number of carbonyl (C=O) groups excluding carboxylic acids is 1. The first-order chi connectivity index (χ1) is 13.2. The molecule has 2 aromatic rings. The fourth-order valence-corrected chi connectivity index (χ4v) is 3.70. The smallest absolute Gasteiger partial charge is 0.246 e.